The van der Waals surface area contributed by atoms with Crippen molar-refractivity contribution in [2.24, 2.45) is 0 Å². The maximum Gasteiger partial charge on any atom is 0.134 e. The van der Waals surface area contributed by atoms with Crippen LogP contribution < -0.4 is 10.2 Å². The van der Waals surface area contributed by atoms with E-state index in [1.54, 1.807) is 0 Å². The molecule has 0 bridgehead atoms. The molecule has 19 heavy (non-hydrogen) atoms. The number of hydrogen-bond donors (Lipinski definition) is 1. The van der Waals surface area contributed by atoms with Gasteiger partial charge in [-0.3, -0.25) is 4.90 Å². The lowest BCUT2D eigenvalue weighted by atomic mass is 10.3. The number of aromatic nitrogens is 2. The number of aryl methyl sites for hydroxylation is 1. The molecule has 0 aliphatic carbocycles. The zero-order valence-corrected chi connectivity index (χ0v) is 11.6. The SMILES string of the molecule is CNc1cc(N2CCN(CCC#N)CC2)nc(C)n1. The monoisotopic (exact) mass is 260 g/mol. The highest BCUT2D eigenvalue weighted by Gasteiger charge is 2.18. The Morgan fingerprint density at radius 3 is 2.68 bits per heavy atom. The van der Waals surface area contributed by atoms with Crippen LogP contribution in [0.1, 0.15) is 12.2 Å². The molecule has 0 saturated carbocycles. The van der Waals surface area contributed by atoms with E-state index >= 15 is 0 Å². The smallest absolute Gasteiger partial charge is 0.134 e. The number of hydrogen-bond acceptors (Lipinski definition) is 6. The van der Waals surface area contributed by atoms with Crippen LogP contribution in [-0.2, 0) is 0 Å². The first-order valence-electron chi connectivity index (χ1n) is 6.60. The number of nitriles is 1. The molecule has 1 N–H and O–H groups in total. The van der Waals surface area contributed by atoms with Gasteiger partial charge in [-0.05, 0) is 6.92 Å². The molecule has 102 valence electrons. The van der Waals surface area contributed by atoms with Crippen molar-refractivity contribution in [1.29, 1.82) is 5.26 Å². The average Bonchev–Trinajstić information content (AvgIpc) is 2.45. The van der Waals surface area contributed by atoms with Crippen LogP contribution in [0.3, 0.4) is 0 Å². The number of rotatable bonds is 4. The van der Waals surface area contributed by atoms with Gasteiger partial charge in [0.15, 0.2) is 0 Å². The first-order chi connectivity index (χ1) is 9.22. The quantitative estimate of drug-likeness (QED) is 0.866. The summed E-state index contributed by atoms with van der Waals surface area (Å²) in [5.74, 6) is 2.62. The molecule has 0 unspecified atom stereocenters. The van der Waals surface area contributed by atoms with Gasteiger partial charge in [0.2, 0.25) is 0 Å². The highest BCUT2D eigenvalue weighted by molar-refractivity contribution is 5.49. The minimum atomic E-state index is 0.608. The van der Waals surface area contributed by atoms with E-state index in [0.717, 1.165) is 50.2 Å². The summed E-state index contributed by atoms with van der Waals surface area (Å²) in [5.41, 5.74) is 0. The van der Waals surface area contributed by atoms with Crippen LogP contribution in [0.5, 0.6) is 0 Å². The van der Waals surface area contributed by atoms with Crippen molar-refractivity contribution in [3.8, 4) is 6.07 Å². The van der Waals surface area contributed by atoms with Crippen molar-refractivity contribution in [2.75, 3.05) is 50.0 Å². The molecule has 1 aliphatic rings. The van der Waals surface area contributed by atoms with Crippen molar-refractivity contribution in [1.82, 2.24) is 14.9 Å². The van der Waals surface area contributed by atoms with Gasteiger partial charge in [-0.25, -0.2) is 9.97 Å². The molecule has 1 aliphatic heterocycles. The maximum atomic E-state index is 8.60. The lowest BCUT2D eigenvalue weighted by molar-refractivity contribution is 0.263. The Labute approximate surface area is 114 Å². The van der Waals surface area contributed by atoms with E-state index in [9.17, 15) is 0 Å². The highest BCUT2D eigenvalue weighted by atomic mass is 15.3. The summed E-state index contributed by atoms with van der Waals surface area (Å²) in [6.07, 6.45) is 0.608. The minimum Gasteiger partial charge on any atom is -0.373 e. The fourth-order valence-corrected chi connectivity index (χ4v) is 2.25. The molecule has 1 aromatic rings. The van der Waals surface area contributed by atoms with Crippen LogP contribution in [-0.4, -0.2) is 54.6 Å². The minimum absolute atomic E-state index is 0.608. The van der Waals surface area contributed by atoms with E-state index in [4.69, 9.17) is 5.26 Å². The molecule has 2 rings (SSSR count). The summed E-state index contributed by atoms with van der Waals surface area (Å²) in [6, 6.07) is 4.18. The molecular formula is C13H20N6. The predicted molar refractivity (Wildman–Crippen MR) is 75.2 cm³/mol. The van der Waals surface area contributed by atoms with E-state index in [2.05, 4.69) is 31.2 Å². The average molecular weight is 260 g/mol. The van der Waals surface area contributed by atoms with Crippen molar-refractivity contribution >= 4 is 11.6 Å². The van der Waals surface area contributed by atoms with Crippen LogP contribution in [0.2, 0.25) is 0 Å². The van der Waals surface area contributed by atoms with Gasteiger partial charge in [0, 0.05) is 52.3 Å². The Morgan fingerprint density at radius 1 is 1.32 bits per heavy atom. The van der Waals surface area contributed by atoms with Gasteiger partial charge in [-0.15, -0.1) is 0 Å². The normalized spacial score (nSPS) is 16.2. The van der Waals surface area contributed by atoms with Crippen molar-refractivity contribution in [2.45, 2.75) is 13.3 Å². The van der Waals surface area contributed by atoms with E-state index in [1.807, 2.05) is 20.0 Å². The van der Waals surface area contributed by atoms with Crippen molar-refractivity contribution < 1.29 is 0 Å². The Morgan fingerprint density at radius 2 is 2.05 bits per heavy atom. The molecule has 1 aromatic heterocycles. The Kier molecular flexibility index (Phi) is 4.53. The van der Waals surface area contributed by atoms with Crippen molar-refractivity contribution in [3.05, 3.63) is 11.9 Å². The molecule has 6 heteroatoms. The highest BCUT2D eigenvalue weighted by Crippen LogP contribution is 2.17. The predicted octanol–water partition coefficient (Wildman–Crippen LogP) is 0.862. The Bertz CT molecular complexity index is 459. The second kappa shape index (κ2) is 6.34. The van der Waals surface area contributed by atoms with Crippen LogP contribution in [0, 0.1) is 18.3 Å². The second-order valence-corrected chi connectivity index (χ2v) is 4.65. The number of piperazine rings is 1. The molecule has 1 fully saturated rings. The van der Waals surface area contributed by atoms with Gasteiger partial charge in [-0.1, -0.05) is 0 Å². The lowest BCUT2D eigenvalue weighted by Crippen LogP contribution is -2.47. The second-order valence-electron chi connectivity index (χ2n) is 4.65. The van der Waals surface area contributed by atoms with Crippen LogP contribution >= 0.6 is 0 Å². The van der Waals surface area contributed by atoms with Crippen LogP contribution in [0.25, 0.3) is 0 Å². The maximum absolute atomic E-state index is 8.60. The summed E-state index contributed by atoms with van der Waals surface area (Å²) in [5, 5.41) is 11.7. The molecular weight excluding hydrogens is 240 g/mol. The van der Waals surface area contributed by atoms with Gasteiger partial charge in [0.25, 0.3) is 0 Å². The zero-order valence-electron chi connectivity index (χ0n) is 11.6. The molecule has 1 saturated heterocycles. The van der Waals surface area contributed by atoms with Crippen molar-refractivity contribution in [3.63, 3.8) is 0 Å². The first kappa shape index (κ1) is 13.6. The third-order valence-electron chi connectivity index (χ3n) is 3.32. The third kappa shape index (κ3) is 3.55. The fraction of sp³-hybridized carbons (Fsp3) is 0.615. The summed E-state index contributed by atoms with van der Waals surface area (Å²) in [6.45, 7) is 6.65. The van der Waals surface area contributed by atoms with Crippen LogP contribution in [0.4, 0.5) is 11.6 Å². The van der Waals surface area contributed by atoms with E-state index < -0.39 is 0 Å². The van der Waals surface area contributed by atoms with Gasteiger partial charge in [0.05, 0.1) is 6.07 Å². The summed E-state index contributed by atoms with van der Waals surface area (Å²) in [7, 11) is 1.87. The molecule has 0 radical (unpaired) electrons. The molecule has 0 spiro atoms. The number of nitrogens with one attached hydrogen (secondary N) is 1. The zero-order chi connectivity index (χ0) is 13.7. The number of anilines is 2. The first-order valence-corrected chi connectivity index (χ1v) is 6.60. The summed E-state index contributed by atoms with van der Waals surface area (Å²) < 4.78 is 0. The van der Waals surface area contributed by atoms with Gasteiger partial charge in [-0.2, -0.15) is 5.26 Å². The Hall–Kier alpha value is -1.87. The topological polar surface area (TPSA) is 68.1 Å². The lowest BCUT2D eigenvalue weighted by Gasteiger charge is -2.35. The fourth-order valence-electron chi connectivity index (χ4n) is 2.25. The standard InChI is InChI=1S/C13H20N6/c1-11-16-12(15-2)10-13(17-11)19-8-6-18(7-9-19)5-3-4-14/h10H,3,5-9H2,1-2H3,(H,15,16,17). The molecule has 0 aromatic carbocycles. The van der Waals surface area contributed by atoms with E-state index in [-0.39, 0.29) is 0 Å². The molecule has 0 atom stereocenters. The third-order valence-corrected chi connectivity index (χ3v) is 3.32. The Balaban J connectivity index is 1.97. The summed E-state index contributed by atoms with van der Waals surface area (Å²) >= 11 is 0. The number of nitrogens with zero attached hydrogens (tertiary/aromatic N) is 5. The largest absolute Gasteiger partial charge is 0.373 e. The van der Waals surface area contributed by atoms with Gasteiger partial charge < -0.3 is 10.2 Å². The van der Waals surface area contributed by atoms with E-state index in [0.29, 0.717) is 6.42 Å². The van der Waals surface area contributed by atoms with Gasteiger partial charge in [0.1, 0.15) is 17.5 Å². The van der Waals surface area contributed by atoms with E-state index in [1.165, 1.54) is 0 Å². The van der Waals surface area contributed by atoms with Gasteiger partial charge >= 0.3 is 0 Å². The molecule has 6 nitrogen and oxygen atoms in total. The molecule has 2 heterocycles. The summed E-state index contributed by atoms with van der Waals surface area (Å²) in [4.78, 5) is 13.4. The van der Waals surface area contributed by atoms with Crippen LogP contribution in [0.15, 0.2) is 6.07 Å². The molecule has 0 amide bonds.